The normalized spacial score (nSPS) is 21.7. The molecule has 3 rings (SSSR count). The maximum Gasteiger partial charge on any atom is 0.127 e. The number of benzene rings is 1. The molecule has 19 heavy (non-hydrogen) atoms. The summed E-state index contributed by atoms with van der Waals surface area (Å²) in [7, 11) is 0. The van der Waals surface area contributed by atoms with Crippen LogP contribution < -0.4 is 4.74 Å². The van der Waals surface area contributed by atoms with Gasteiger partial charge in [-0.15, -0.1) is 0 Å². The molecule has 0 fully saturated rings. The molecule has 0 aromatic heterocycles. The number of halogens is 1. The third-order valence-electron chi connectivity index (χ3n) is 3.34. The highest BCUT2D eigenvalue weighted by atomic mass is 35.5. The Morgan fingerprint density at radius 2 is 2.00 bits per heavy atom. The lowest BCUT2D eigenvalue weighted by atomic mass is 9.91. The van der Waals surface area contributed by atoms with Crippen LogP contribution in [-0.2, 0) is 0 Å². The van der Waals surface area contributed by atoms with Gasteiger partial charge in [-0.25, -0.2) is 0 Å². The van der Waals surface area contributed by atoms with E-state index < -0.39 is 0 Å². The highest BCUT2D eigenvalue weighted by molar-refractivity contribution is 6.68. The quantitative estimate of drug-likeness (QED) is 0.788. The van der Waals surface area contributed by atoms with E-state index in [1.54, 1.807) is 0 Å². The van der Waals surface area contributed by atoms with Crippen molar-refractivity contribution in [3.05, 3.63) is 65.5 Å². The number of allylic oxidation sites excluding steroid dienone is 2. The Balaban J connectivity index is 1.87. The number of para-hydroxylation sites is 1. The number of hydrogen-bond acceptors (Lipinski definition) is 2. The maximum absolute atomic E-state index is 5.94. The van der Waals surface area contributed by atoms with Crippen LogP contribution in [0.1, 0.15) is 13.3 Å². The van der Waals surface area contributed by atoms with Gasteiger partial charge in [0.1, 0.15) is 16.7 Å². The molecule has 0 amide bonds. The van der Waals surface area contributed by atoms with Gasteiger partial charge in [0, 0.05) is 0 Å². The van der Waals surface area contributed by atoms with Crippen LogP contribution in [0.15, 0.2) is 70.5 Å². The SMILES string of the molecule is CC1=C2C=CC(Cl)=NC2CC=C1Oc1ccccc1. The molecule has 1 heterocycles. The Kier molecular flexibility index (Phi) is 3.26. The fourth-order valence-electron chi connectivity index (χ4n) is 2.33. The van der Waals surface area contributed by atoms with Crippen LogP contribution in [0.3, 0.4) is 0 Å². The summed E-state index contributed by atoms with van der Waals surface area (Å²) in [6.07, 6.45) is 6.79. The molecule has 0 spiro atoms. The minimum Gasteiger partial charge on any atom is -0.457 e. The Hall–Kier alpha value is -1.80. The summed E-state index contributed by atoms with van der Waals surface area (Å²) in [5, 5.41) is 0.572. The molecule has 0 radical (unpaired) electrons. The van der Waals surface area contributed by atoms with E-state index in [2.05, 4.69) is 18.0 Å². The van der Waals surface area contributed by atoms with Gasteiger partial charge in [-0.2, -0.15) is 0 Å². The number of rotatable bonds is 2. The molecule has 3 heteroatoms. The minimum absolute atomic E-state index is 0.139. The highest BCUT2D eigenvalue weighted by Gasteiger charge is 2.23. The lowest BCUT2D eigenvalue weighted by molar-refractivity contribution is 0.426. The second kappa shape index (κ2) is 5.06. The zero-order valence-electron chi connectivity index (χ0n) is 10.6. The van der Waals surface area contributed by atoms with Crippen molar-refractivity contribution in [2.45, 2.75) is 19.4 Å². The Bertz CT molecular complexity index is 611. The van der Waals surface area contributed by atoms with Crippen LogP contribution in [-0.4, -0.2) is 11.2 Å². The molecule has 1 aliphatic carbocycles. The predicted octanol–water partition coefficient (Wildman–Crippen LogP) is 4.25. The van der Waals surface area contributed by atoms with Gasteiger partial charge in [-0.05, 0) is 48.8 Å². The number of dihydropyridines is 1. The van der Waals surface area contributed by atoms with Gasteiger partial charge in [0.25, 0.3) is 0 Å². The fourth-order valence-corrected chi connectivity index (χ4v) is 2.51. The predicted molar refractivity (Wildman–Crippen MR) is 78.7 cm³/mol. The summed E-state index contributed by atoms with van der Waals surface area (Å²) in [6.45, 7) is 2.06. The van der Waals surface area contributed by atoms with Crippen molar-refractivity contribution in [3.63, 3.8) is 0 Å². The molecule has 2 nitrogen and oxygen atoms in total. The van der Waals surface area contributed by atoms with E-state index in [4.69, 9.17) is 16.3 Å². The molecule has 96 valence electrons. The molecule has 1 unspecified atom stereocenters. The molecule has 0 saturated heterocycles. The van der Waals surface area contributed by atoms with Crippen LogP contribution in [0, 0.1) is 0 Å². The van der Waals surface area contributed by atoms with Crippen molar-refractivity contribution in [3.8, 4) is 5.75 Å². The van der Waals surface area contributed by atoms with Crippen molar-refractivity contribution in [1.82, 2.24) is 0 Å². The number of hydrogen-bond donors (Lipinski definition) is 0. The lowest BCUT2D eigenvalue weighted by Crippen LogP contribution is -2.18. The third kappa shape index (κ3) is 2.49. The lowest BCUT2D eigenvalue weighted by Gasteiger charge is -2.25. The fraction of sp³-hybridized carbons (Fsp3) is 0.188. The van der Waals surface area contributed by atoms with Crippen molar-refractivity contribution < 1.29 is 4.74 Å². The second-order valence-electron chi connectivity index (χ2n) is 4.60. The van der Waals surface area contributed by atoms with Crippen LogP contribution >= 0.6 is 11.6 Å². The van der Waals surface area contributed by atoms with Crippen molar-refractivity contribution >= 4 is 16.8 Å². The van der Waals surface area contributed by atoms with Gasteiger partial charge in [0.15, 0.2) is 0 Å². The Morgan fingerprint density at radius 3 is 2.79 bits per heavy atom. The van der Waals surface area contributed by atoms with E-state index in [1.807, 2.05) is 42.5 Å². The second-order valence-corrected chi connectivity index (χ2v) is 4.99. The molecular weight excluding hydrogens is 258 g/mol. The average molecular weight is 272 g/mol. The Labute approximate surface area is 117 Å². The van der Waals surface area contributed by atoms with Gasteiger partial charge in [-0.1, -0.05) is 35.9 Å². The highest BCUT2D eigenvalue weighted by Crippen LogP contribution is 2.32. The molecule has 0 bridgehead atoms. The van der Waals surface area contributed by atoms with Crippen LogP contribution in [0.2, 0.25) is 0 Å². The average Bonchev–Trinajstić information content (AvgIpc) is 2.43. The first-order chi connectivity index (χ1) is 9.24. The number of aliphatic imine (C=N–C) groups is 1. The summed E-state index contributed by atoms with van der Waals surface area (Å²) < 4.78 is 5.93. The van der Waals surface area contributed by atoms with Crippen LogP contribution in [0.4, 0.5) is 0 Å². The molecule has 0 N–H and O–H groups in total. The maximum atomic E-state index is 5.94. The van der Waals surface area contributed by atoms with Gasteiger partial charge >= 0.3 is 0 Å². The van der Waals surface area contributed by atoms with E-state index in [-0.39, 0.29) is 6.04 Å². The molecule has 0 saturated carbocycles. The largest absolute Gasteiger partial charge is 0.457 e. The summed E-state index contributed by atoms with van der Waals surface area (Å²) in [6, 6.07) is 9.96. The van der Waals surface area contributed by atoms with Gasteiger partial charge in [0.05, 0.1) is 6.04 Å². The minimum atomic E-state index is 0.139. The zero-order chi connectivity index (χ0) is 13.2. The smallest absolute Gasteiger partial charge is 0.127 e. The first kappa shape index (κ1) is 12.2. The molecule has 1 aromatic carbocycles. The summed E-state index contributed by atoms with van der Waals surface area (Å²) in [4.78, 5) is 4.43. The van der Waals surface area contributed by atoms with Gasteiger partial charge in [0.2, 0.25) is 0 Å². The first-order valence-electron chi connectivity index (χ1n) is 6.29. The molecule has 2 aliphatic rings. The van der Waals surface area contributed by atoms with E-state index in [0.717, 1.165) is 23.5 Å². The molecule has 1 aromatic rings. The number of fused-ring (bicyclic) bond motifs is 1. The number of ether oxygens (including phenoxy) is 1. The van der Waals surface area contributed by atoms with E-state index in [9.17, 15) is 0 Å². The van der Waals surface area contributed by atoms with Crippen molar-refractivity contribution in [1.29, 1.82) is 0 Å². The summed E-state index contributed by atoms with van der Waals surface area (Å²) in [5.74, 6) is 1.77. The monoisotopic (exact) mass is 271 g/mol. The zero-order valence-corrected chi connectivity index (χ0v) is 11.4. The summed E-state index contributed by atoms with van der Waals surface area (Å²) >= 11 is 5.94. The number of nitrogens with zero attached hydrogens (tertiary/aromatic N) is 1. The Morgan fingerprint density at radius 1 is 1.21 bits per heavy atom. The van der Waals surface area contributed by atoms with E-state index in [0.29, 0.717) is 5.17 Å². The van der Waals surface area contributed by atoms with Crippen molar-refractivity contribution in [2.75, 3.05) is 0 Å². The van der Waals surface area contributed by atoms with Crippen LogP contribution in [0.5, 0.6) is 5.75 Å². The molecule has 1 atom stereocenters. The van der Waals surface area contributed by atoms with Gasteiger partial charge in [-0.3, -0.25) is 4.99 Å². The van der Waals surface area contributed by atoms with E-state index >= 15 is 0 Å². The molecular formula is C16H14ClNO. The standard InChI is InChI=1S/C16H14ClNO/c1-11-13-7-10-16(17)18-14(13)8-9-15(11)19-12-5-3-2-4-6-12/h2-7,9-10,14H,8H2,1H3. The summed E-state index contributed by atoms with van der Waals surface area (Å²) in [5.41, 5.74) is 2.32. The molecule has 1 aliphatic heterocycles. The topological polar surface area (TPSA) is 21.6 Å². The van der Waals surface area contributed by atoms with Gasteiger partial charge < -0.3 is 4.74 Å². The van der Waals surface area contributed by atoms with Crippen LogP contribution in [0.25, 0.3) is 0 Å². The van der Waals surface area contributed by atoms with E-state index in [1.165, 1.54) is 5.57 Å². The van der Waals surface area contributed by atoms with Crippen molar-refractivity contribution in [2.24, 2.45) is 4.99 Å². The third-order valence-corrected chi connectivity index (χ3v) is 3.56. The first-order valence-corrected chi connectivity index (χ1v) is 6.67.